The molecule has 1 aromatic carbocycles. The highest BCUT2D eigenvalue weighted by Gasteiger charge is 2.40. The van der Waals surface area contributed by atoms with E-state index in [4.69, 9.17) is 4.74 Å². The number of H-pyrrole nitrogens is 1. The molecule has 2 fully saturated rings. The fourth-order valence-electron chi connectivity index (χ4n) is 4.63. The number of ether oxygens (including phenoxy) is 1. The molecule has 0 unspecified atom stereocenters. The summed E-state index contributed by atoms with van der Waals surface area (Å²) in [5.41, 5.74) is 1.10. The Morgan fingerprint density at radius 1 is 1.19 bits per heavy atom. The van der Waals surface area contributed by atoms with Gasteiger partial charge in [0.25, 0.3) is 0 Å². The summed E-state index contributed by atoms with van der Waals surface area (Å²) in [5.74, 6) is 2.40. The lowest BCUT2D eigenvalue weighted by Gasteiger charge is -2.20. The molecule has 31 heavy (non-hydrogen) atoms. The third kappa shape index (κ3) is 5.06. The average Bonchev–Trinajstić information content (AvgIpc) is 3.53. The highest BCUT2D eigenvalue weighted by molar-refractivity contribution is 5.80. The number of methoxy groups -OCH3 is 1. The summed E-state index contributed by atoms with van der Waals surface area (Å²) < 4.78 is 5.19. The average molecular weight is 426 g/mol. The van der Waals surface area contributed by atoms with Crippen LogP contribution >= 0.6 is 0 Å². The maximum atomic E-state index is 13.0. The Balaban J connectivity index is 1.40. The second-order valence-electron chi connectivity index (χ2n) is 8.63. The summed E-state index contributed by atoms with van der Waals surface area (Å²) in [6.07, 6.45) is 5.23. The van der Waals surface area contributed by atoms with Crippen LogP contribution in [0.15, 0.2) is 24.3 Å². The van der Waals surface area contributed by atoms with E-state index in [1.807, 2.05) is 36.1 Å². The summed E-state index contributed by atoms with van der Waals surface area (Å²) in [4.78, 5) is 32.0. The zero-order valence-electron chi connectivity index (χ0n) is 18.3. The van der Waals surface area contributed by atoms with Crippen molar-refractivity contribution in [3.05, 3.63) is 41.5 Å². The van der Waals surface area contributed by atoms with Crippen molar-refractivity contribution < 1.29 is 14.3 Å². The van der Waals surface area contributed by atoms with Crippen LogP contribution in [-0.2, 0) is 16.0 Å². The van der Waals surface area contributed by atoms with Gasteiger partial charge in [0.1, 0.15) is 11.6 Å². The maximum absolute atomic E-state index is 13.0. The van der Waals surface area contributed by atoms with Crippen molar-refractivity contribution in [2.24, 2.45) is 5.92 Å². The first-order chi connectivity index (χ1) is 15.0. The molecule has 0 radical (unpaired) electrons. The summed E-state index contributed by atoms with van der Waals surface area (Å²) in [6.45, 7) is 2.88. The summed E-state index contributed by atoms with van der Waals surface area (Å²) in [5, 5.41) is 10.4. The molecular weight excluding hydrogens is 394 g/mol. The number of hydrogen-bond acceptors (Lipinski definition) is 5. The van der Waals surface area contributed by atoms with Crippen molar-refractivity contribution in [2.75, 3.05) is 20.2 Å². The van der Waals surface area contributed by atoms with Crippen LogP contribution in [0.25, 0.3) is 0 Å². The van der Waals surface area contributed by atoms with Gasteiger partial charge in [-0.05, 0) is 43.9 Å². The molecular formula is C23H31N5O3. The number of carbonyl (C=O) groups excluding carboxylic acids is 2. The Labute approximate surface area is 182 Å². The third-order valence-corrected chi connectivity index (χ3v) is 6.46. The van der Waals surface area contributed by atoms with Crippen LogP contribution in [0.4, 0.5) is 0 Å². The van der Waals surface area contributed by atoms with Crippen molar-refractivity contribution in [3.8, 4) is 5.75 Å². The number of benzene rings is 1. The van der Waals surface area contributed by atoms with Crippen LogP contribution in [0.3, 0.4) is 0 Å². The molecule has 0 spiro atoms. The Morgan fingerprint density at radius 3 is 2.58 bits per heavy atom. The van der Waals surface area contributed by atoms with Gasteiger partial charge < -0.3 is 15.0 Å². The lowest BCUT2D eigenvalue weighted by molar-refractivity contribution is -0.130. The zero-order valence-corrected chi connectivity index (χ0v) is 18.3. The molecule has 1 saturated carbocycles. The normalized spacial score (nSPS) is 21.4. The van der Waals surface area contributed by atoms with Crippen LogP contribution in [0.5, 0.6) is 5.75 Å². The summed E-state index contributed by atoms with van der Waals surface area (Å²) >= 11 is 0. The van der Waals surface area contributed by atoms with E-state index in [1.54, 1.807) is 7.11 Å². The highest BCUT2D eigenvalue weighted by Crippen LogP contribution is 2.29. The number of aromatic nitrogens is 3. The molecule has 8 nitrogen and oxygen atoms in total. The first kappa shape index (κ1) is 21.3. The monoisotopic (exact) mass is 425 g/mol. The van der Waals surface area contributed by atoms with E-state index < -0.39 is 0 Å². The van der Waals surface area contributed by atoms with Gasteiger partial charge in [-0.25, -0.2) is 4.98 Å². The topological polar surface area (TPSA) is 100 Å². The first-order valence-electron chi connectivity index (χ1n) is 11.1. The molecule has 1 aromatic heterocycles. The summed E-state index contributed by atoms with van der Waals surface area (Å²) in [7, 11) is 1.64. The van der Waals surface area contributed by atoms with E-state index in [9.17, 15) is 9.59 Å². The molecule has 1 aliphatic heterocycles. The van der Waals surface area contributed by atoms with Gasteiger partial charge in [-0.3, -0.25) is 14.7 Å². The lowest BCUT2D eigenvalue weighted by Crippen LogP contribution is -2.43. The second kappa shape index (κ2) is 9.49. The number of rotatable bonds is 7. The van der Waals surface area contributed by atoms with Crippen molar-refractivity contribution in [1.29, 1.82) is 0 Å². The fourth-order valence-corrected chi connectivity index (χ4v) is 4.63. The third-order valence-electron chi connectivity index (χ3n) is 6.46. The Kier molecular flexibility index (Phi) is 6.53. The molecule has 1 aliphatic carbocycles. The van der Waals surface area contributed by atoms with Gasteiger partial charge in [0.05, 0.1) is 19.1 Å². The molecule has 2 heterocycles. The number of nitrogens with zero attached hydrogens (tertiary/aromatic N) is 3. The van der Waals surface area contributed by atoms with Crippen LogP contribution in [0.2, 0.25) is 0 Å². The van der Waals surface area contributed by atoms with Gasteiger partial charge in [-0.15, -0.1) is 0 Å². The quantitative estimate of drug-likeness (QED) is 0.709. The number of nitrogens with one attached hydrogen (secondary N) is 2. The number of amides is 2. The molecule has 0 bridgehead atoms. The SMILES string of the molecule is COc1ccc(CCC(=O)N2C[C@@H](NC(=O)C3CCCC3)[C@H](c3n[nH]c(C)n3)C2)cc1. The minimum atomic E-state index is -0.159. The van der Waals surface area contributed by atoms with Gasteiger partial charge in [0.15, 0.2) is 5.82 Å². The molecule has 2 aliphatic rings. The van der Waals surface area contributed by atoms with E-state index in [1.165, 1.54) is 0 Å². The predicted molar refractivity (Wildman–Crippen MR) is 116 cm³/mol. The first-order valence-corrected chi connectivity index (χ1v) is 11.1. The van der Waals surface area contributed by atoms with Crippen molar-refractivity contribution >= 4 is 11.8 Å². The van der Waals surface area contributed by atoms with E-state index in [-0.39, 0.29) is 29.7 Å². The Bertz CT molecular complexity index is 904. The van der Waals surface area contributed by atoms with Crippen molar-refractivity contribution in [2.45, 2.75) is 57.4 Å². The van der Waals surface area contributed by atoms with Gasteiger partial charge in [-0.1, -0.05) is 25.0 Å². The molecule has 2 amide bonds. The standard InChI is InChI=1S/C23H31N5O3/c1-15-24-22(27-26-15)19-13-28(14-20(19)25-23(30)17-5-3-4-6-17)21(29)12-9-16-7-10-18(31-2)11-8-16/h7-8,10-11,17,19-20H,3-6,9,12-14H2,1-2H3,(H,25,30)(H,24,26,27)/t19-,20-/m1/s1. The number of likely N-dealkylation sites (tertiary alicyclic amines) is 1. The Morgan fingerprint density at radius 2 is 1.94 bits per heavy atom. The van der Waals surface area contributed by atoms with Gasteiger partial charge >= 0.3 is 0 Å². The molecule has 8 heteroatoms. The minimum Gasteiger partial charge on any atom is -0.497 e. The van der Waals surface area contributed by atoms with Crippen LogP contribution in [-0.4, -0.2) is 58.1 Å². The van der Waals surface area contributed by atoms with Crippen LogP contribution in [0, 0.1) is 12.8 Å². The number of hydrogen-bond donors (Lipinski definition) is 2. The highest BCUT2D eigenvalue weighted by atomic mass is 16.5. The molecule has 1 saturated heterocycles. The molecule has 2 atom stereocenters. The number of aryl methyl sites for hydroxylation is 2. The molecule has 2 N–H and O–H groups in total. The lowest BCUT2D eigenvalue weighted by atomic mass is 10.0. The molecule has 2 aromatic rings. The van der Waals surface area contributed by atoms with E-state index >= 15 is 0 Å². The van der Waals surface area contributed by atoms with Gasteiger partial charge in [0.2, 0.25) is 11.8 Å². The van der Waals surface area contributed by atoms with E-state index in [2.05, 4.69) is 20.5 Å². The smallest absolute Gasteiger partial charge is 0.223 e. The zero-order chi connectivity index (χ0) is 21.8. The molecule has 166 valence electrons. The maximum Gasteiger partial charge on any atom is 0.223 e. The van der Waals surface area contributed by atoms with Crippen molar-refractivity contribution in [1.82, 2.24) is 25.4 Å². The number of carbonyl (C=O) groups is 2. The number of aromatic amines is 1. The predicted octanol–water partition coefficient (Wildman–Crippen LogP) is 2.36. The fraction of sp³-hybridized carbons (Fsp3) is 0.565. The van der Waals surface area contributed by atoms with Gasteiger partial charge in [0, 0.05) is 25.4 Å². The van der Waals surface area contributed by atoms with Crippen LogP contribution < -0.4 is 10.1 Å². The molecule has 4 rings (SSSR count). The Hall–Kier alpha value is -2.90. The van der Waals surface area contributed by atoms with Crippen molar-refractivity contribution in [3.63, 3.8) is 0 Å². The largest absolute Gasteiger partial charge is 0.497 e. The van der Waals surface area contributed by atoms with Gasteiger partial charge in [-0.2, -0.15) is 5.10 Å². The second-order valence-corrected chi connectivity index (χ2v) is 8.63. The van der Waals surface area contributed by atoms with E-state index in [0.29, 0.717) is 31.8 Å². The van der Waals surface area contributed by atoms with E-state index in [0.717, 1.165) is 42.8 Å². The van der Waals surface area contributed by atoms with Crippen LogP contribution in [0.1, 0.15) is 55.2 Å². The minimum absolute atomic E-state index is 0.0886. The summed E-state index contributed by atoms with van der Waals surface area (Å²) in [6, 6.07) is 7.63.